The lowest BCUT2D eigenvalue weighted by Gasteiger charge is -2.30. The van der Waals surface area contributed by atoms with Gasteiger partial charge in [0.05, 0.1) is 11.0 Å². The van der Waals surface area contributed by atoms with Gasteiger partial charge in [-0.15, -0.1) is 0 Å². The first kappa shape index (κ1) is 33.0. The van der Waals surface area contributed by atoms with Crippen molar-refractivity contribution in [3.8, 4) is 27.9 Å². The lowest BCUT2D eigenvalue weighted by molar-refractivity contribution is 0.563. The van der Waals surface area contributed by atoms with Gasteiger partial charge < -0.3 is 9.47 Å². The summed E-state index contributed by atoms with van der Waals surface area (Å²) in [6.45, 7) is 0. The standard InChI is InChI=1S/C55H37FN2/c56-42-21-26-44(27-22-42)58-53-16-8-6-14-49(53)50-29-20-39(32-54(50)58)37-17-23-43(24-18-37)57(45-25-19-36-9-1-2-10-38(36)31-45)46-28-30-48-47-13-5-7-15-51(47)55(52(48)33-46)34-40-11-3-4-12-41(40)35-55/h1-33H,34-35H2. The molecular formula is C55H37FN2. The maximum absolute atomic E-state index is 14.0. The molecule has 2 aliphatic carbocycles. The van der Waals surface area contributed by atoms with E-state index in [-0.39, 0.29) is 11.2 Å². The fourth-order valence-electron chi connectivity index (χ4n) is 10.2. The van der Waals surface area contributed by atoms with Crippen molar-refractivity contribution in [2.24, 2.45) is 0 Å². The van der Waals surface area contributed by atoms with Gasteiger partial charge in [0.1, 0.15) is 5.82 Å². The molecule has 0 unspecified atom stereocenters. The van der Waals surface area contributed by atoms with Crippen molar-refractivity contribution in [3.63, 3.8) is 0 Å². The third-order valence-corrected chi connectivity index (χ3v) is 12.8. The number of anilines is 3. The zero-order valence-corrected chi connectivity index (χ0v) is 31.7. The second kappa shape index (κ2) is 12.6. The maximum atomic E-state index is 14.0. The van der Waals surface area contributed by atoms with Crippen molar-refractivity contribution in [2.75, 3.05) is 4.90 Å². The Bertz CT molecular complexity index is 3220. The molecular weight excluding hydrogens is 708 g/mol. The van der Waals surface area contributed by atoms with Crippen LogP contribution in [0.25, 0.3) is 60.5 Å². The van der Waals surface area contributed by atoms with Gasteiger partial charge in [-0.25, -0.2) is 4.39 Å². The zero-order valence-electron chi connectivity index (χ0n) is 31.7. The van der Waals surface area contributed by atoms with Crippen LogP contribution >= 0.6 is 0 Å². The van der Waals surface area contributed by atoms with E-state index >= 15 is 0 Å². The third kappa shape index (κ3) is 4.96. The van der Waals surface area contributed by atoms with Gasteiger partial charge >= 0.3 is 0 Å². The molecule has 2 aliphatic rings. The average molecular weight is 745 g/mol. The molecule has 1 aromatic heterocycles. The molecule has 274 valence electrons. The molecule has 1 spiro atoms. The number of benzene rings is 9. The fourth-order valence-corrected chi connectivity index (χ4v) is 10.2. The van der Waals surface area contributed by atoms with Crippen LogP contribution in [0.15, 0.2) is 200 Å². The van der Waals surface area contributed by atoms with Gasteiger partial charge in [0, 0.05) is 38.9 Å². The van der Waals surface area contributed by atoms with Crippen LogP contribution in [0.2, 0.25) is 0 Å². The minimum Gasteiger partial charge on any atom is -0.310 e. The number of aromatic nitrogens is 1. The van der Waals surface area contributed by atoms with Crippen LogP contribution in [-0.4, -0.2) is 4.57 Å². The van der Waals surface area contributed by atoms with Gasteiger partial charge in [-0.05, 0) is 141 Å². The second-order valence-electron chi connectivity index (χ2n) is 16.0. The summed E-state index contributed by atoms with van der Waals surface area (Å²) in [6.07, 6.45) is 2.01. The molecule has 0 aliphatic heterocycles. The zero-order chi connectivity index (χ0) is 38.4. The Morgan fingerprint density at radius 3 is 1.88 bits per heavy atom. The number of hydrogen-bond donors (Lipinski definition) is 0. The highest BCUT2D eigenvalue weighted by Gasteiger charge is 2.47. The smallest absolute Gasteiger partial charge is 0.123 e. The summed E-state index contributed by atoms with van der Waals surface area (Å²) in [5.74, 6) is -0.239. The van der Waals surface area contributed by atoms with E-state index in [0.29, 0.717) is 0 Å². The Labute approximate surface area is 336 Å². The van der Waals surface area contributed by atoms with Crippen LogP contribution in [0, 0.1) is 5.82 Å². The first-order chi connectivity index (χ1) is 28.6. The molecule has 0 atom stereocenters. The number of hydrogen-bond acceptors (Lipinski definition) is 1. The van der Waals surface area contributed by atoms with Crippen molar-refractivity contribution in [1.29, 1.82) is 0 Å². The molecule has 0 N–H and O–H groups in total. The minimum atomic E-state index is -0.239. The molecule has 0 radical (unpaired) electrons. The van der Waals surface area contributed by atoms with Gasteiger partial charge in [-0.3, -0.25) is 0 Å². The second-order valence-corrected chi connectivity index (χ2v) is 16.0. The highest BCUT2D eigenvalue weighted by Crippen LogP contribution is 2.56. The first-order valence-electron chi connectivity index (χ1n) is 20.1. The van der Waals surface area contributed by atoms with Crippen LogP contribution in [0.3, 0.4) is 0 Å². The summed E-state index contributed by atoms with van der Waals surface area (Å²) in [5, 5.41) is 4.78. The Kier molecular flexibility index (Phi) is 7.18. The molecule has 9 aromatic carbocycles. The normalized spacial score (nSPS) is 13.6. The minimum absolute atomic E-state index is 0.0977. The molecule has 0 bridgehead atoms. The quantitative estimate of drug-likeness (QED) is 0.170. The van der Waals surface area contributed by atoms with Crippen LogP contribution in [0.1, 0.15) is 22.3 Å². The van der Waals surface area contributed by atoms with Gasteiger partial charge in [0.2, 0.25) is 0 Å². The number of halogens is 1. The van der Waals surface area contributed by atoms with Crippen LogP contribution < -0.4 is 4.90 Å². The average Bonchev–Trinajstić information content (AvgIpc) is 3.92. The Hall–Kier alpha value is -7.23. The summed E-state index contributed by atoms with van der Waals surface area (Å²) in [7, 11) is 0. The van der Waals surface area contributed by atoms with E-state index in [1.54, 1.807) is 0 Å². The number of nitrogens with zero attached hydrogens (tertiary/aromatic N) is 2. The molecule has 0 saturated carbocycles. The maximum Gasteiger partial charge on any atom is 0.123 e. The molecule has 0 amide bonds. The number of rotatable bonds is 5. The van der Waals surface area contributed by atoms with Crippen LogP contribution in [0.5, 0.6) is 0 Å². The summed E-state index contributed by atoms with van der Waals surface area (Å²) in [5.41, 5.74) is 17.1. The Balaban J connectivity index is 0.994. The highest BCUT2D eigenvalue weighted by molar-refractivity contribution is 6.10. The lowest BCUT2D eigenvalue weighted by atomic mass is 9.75. The monoisotopic (exact) mass is 744 g/mol. The molecule has 3 heteroatoms. The van der Waals surface area contributed by atoms with E-state index in [2.05, 4.69) is 185 Å². The molecule has 0 fully saturated rings. The predicted molar refractivity (Wildman–Crippen MR) is 238 cm³/mol. The van der Waals surface area contributed by atoms with Crippen molar-refractivity contribution >= 4 is 49.6 Å². The summed E-state index contributed by atoms with van der Waals surface area (Å²) in [6, 6.07) is 71.6. The first-order valence-corrected chi connectivity index (χ1v) is 20.1. The van der Waals surface area contributed by atoms with Crippen LogP contribution in [-0.2, 0) is 18.3 Å². The summed E-state index contributed by atoms with van der Waals surface area (Å²) in [4.78, 5) is 2.42. The van der Waals surface area contributed by atoms with Crippen LogP contribution in [0.4, 0.5) is 21.5 Å². The molecule has 12 rings (SSSR count). The Morgan fingerprint density at radius 2 is 1.05 bits per heavy atom. The topological polar surface area (TPSA) is 8.17 Å². The summed E-state index contributed by atoms with van der Waals surface area (Å²) < 4.78 is 16.3. The van der Waals surface area contributed by atoms with Crippen molar-refractivity contribution < 1.29 is 4.39 Å². The van der Waals surface area contributed by atoms with Gasteiger partial charge in [0.25, 0.3) is 0 Å². The van der Waals surface area contributed by atoms with Gasteiger partial charge in [-0.1, -0.05) is 127 Å². The largest absolute Gasteiger partial charge is 0.310 e. The van der Waals surface area contributed by atoms with E-state index < -0.39 is 0 Å². The van der Waals surface area contributed by atoms with Crippen molar-refractivity contribution in [1.82, 2.24) is 4.57 Å². The van der Waals surface area contributed by atoms with E-state index in [4.69, 9.17) is 0 Å². The van der Waals surface area contributed by atoms with Gasteiger partial charge in [-0.2, -0.15) is 0 Å². The lowest BCUT2D eigenvalue weighted by Crippen LogP contribution is -2.26. The number of fused-ring (bicyclic) bond motifs is 10. The summed E-state index contributed by atoms with van der Waals surface area (Å²) >= 11 is 0. The third-order valence-electron chi connectivity index (χ3n) is 12.8. The highest BCUT2D eigenvalue weighted by atomic mass is 19.1. The molecule has 58 heavy (non-hydrogen) atoms. The number of para-hydroxylation sites is 1. The molecule has 2 nitrogen and oxygen atoms in total. The van der Waals surface area contributed by atoms with Gasteiger partial charge in [0.15, 0.2) is 0 Å². The predicted octanol–water partition coefficient (Wildman–Crippen LogP) is 14.3. The molecule has 10 aromatic rings. The Morgan fingerprint density at radius 1 is 0.431 bits per heavy atom. The fraction of sp³-hybridized carbons (Fsp3) is 0.0545. The van der Waals surface area contributed by atoms with E-state index in [9.17, 15) is 4.39 Å². The molecule has 1 heterocycles. The van der Waals surface area contributed by atoms with E-state index in [0.717, 1.165) is 57.8 Å². The SMILES string of the molecule is Fc1ccc(-n2c3ccccc3c3ccc(-c4ccc(N(c5ccc6c(c5)C5(Cc7ccccc7C5)c5ccccc5-6)c5ccc6ccccc6c5)cc4)cc32)cc1. The van der Waals surface area contributed by atoms with Crippen molar-refractivity contribution in [2.45, 2.75) is 18.3 Å². The van der Waals surface area contributed by atoms with E-state index in [1.165, 1.54) is 67.1 Å². The van der Waals surface area contributed by atoms with E-state index in [1.807, 2.05) is 12.1 Å². The molecule has 0 saturated heterocycles. The van der Waals surface area contributed by atoms with Crippen molar-refractivity contribution in [3.05, 3.63) is 228 Å².